The van der Waals surface area contributed by atoms with E-state index >= 15 is 0 Å². The molecule has 1 aromatic carbocycles. The standard InChI is InChI=1S/C21H19N5O3/c1-12-6-8-15(9-7-12)20(28)23-18-11-16(17-5-4-10-29-17)25-26(18)21-22-14(3)13(2)19(27)24-21/h4-11H,1-3H3,(H,23,28)(H,22,24,27). The maximum atomic E-state index is 12.7. The Morgan fingerprint density at radius 2 is 1.90 bits per heavy atom. The summed E-state index contributed by atoms with van der Waals surface area (Å²) in [6.07, 6.45) is 1.54. The molecule has 0 unspecified atom stereocenters. The minimum absolute atomic E-state index is 0.204. The first-order valence-electron chi connectivity index (χ1n) is 9.02. The first-order valence-corrected chi connectivity index (χ1v) is 9.02. The molecule has 0 saturated carbocycles. The van der Waals surface area contributed by atoms with E-state index in [1.165, 1.54) is 10.9 Å². The van der Waals surface area contributed by atoms with Crippen molar-refractivity contribution < 1.29 is 9.21 Å². The molecule has 0 saturated heterocycles. The Morgan fingerprint density at radius 1 is 1.14 bits per heavy atom. The van der Waals surface area contributed by atoms with Crippen LogP contribution in [0.3, 0.4) is 0 Å². The van der Waals surface area contributed by atoms with Gasteiger partial charge in [-0.3, -0.25) is 14.6 Å². The van der Waals surface area contributed by atoms with Crippen molar-refractivity contribution in [1.82, 2.24) is 19.7 Å². The fraction of sp³-hybridized carbons (Fsp3) is 0.143. The van der Waals surface area contributed by atoms with Gasteiger partial charge in [0, 0.05) is 22.9 Å². The molecule has 1 amide bonds. The predicted molar refractivity (Wildman–Crippen MR) is 108 cm³/mol. The van der Waals surface area contributed by atoms with Crippen LogP contribution in [-0.4, -0.2) is 25.7 Å². The van der Waals surface area contributed by atoms with E-state index < -0.39 is 0 Å². The first kappa shape index (κ1) is 18.4. The lowest BCUT2D eigenvalue weighted by atomic mass is 10.1. The lowest BCUT2D eigenvalue weighted by Gasteiger charge is -2.09. The molecule has 2 N–H and O–H groups in total. The lowest BCUT2D eigenvalue weighted by molar-refractivity contribution is 0.102. The van der Waals surface area contributed by atoms with Crippen LogP contribution in [0, 0.1) is 20.8 Å². The number of carbonyl (C=O) groups excluding carboxylic acids is 1. The maximum Gasteiger partial charge on any atom is 0.256 e. The number of benzene rings is 1. The summed E-state index contributed by atoms with van der Waals surface area (Å²) in [6.45, 7) is 5.39. The van der Waals surface area contributed by atoms with Gasteiger partial charge in [0.1, 0.15) is 11.5 Å². The third-order valence-electron chi connectivity index (χ3n) is 4.62. The highest BCUT2D eigenvalue weighted by Crippen LogP contribution is 2.24. The fourth-order valence-corrected chi connectivity index (χ4v) is 2.80. The zero-order chi connectivity index (χ0) is 20.5. The van der Waals surface area contributed by atoms with Gasteiger partial charge < -0.3 is 9.73 Å². The molecule has 0 aliphatic heterocycles. The number of carbonyl (C=O) groups is 1. The van der Waals surface area contributed by atoms with E-state index in [2.05, 4.69) is 20.4 Å². The SMILES string of the molecule is Cc1ccc(C(=O)Nc2cc(-c3ccco3)nn2-c2nc(C)c(C)c(=O)[nH]2)cc1. The highest BCUT2D eigenvalue weighted by atomic mass is 16.3. The van der Waals surface area contributed by atoms with Crippen molar-refractivity contribution in [3.8, 4) is 17.4 Å². The summed E-state index contributed by atoms with van der Waals surface area (Å²) >= 11 is 0. The molecule has 3 heterocycles. The van der Waals surface area contributed by atoms with Gasteiger partial charge in [-0.05, 0) is 45.0 Å². The summed E-state index contributed by atoms with van der Waals surface area (Å²) in [7, 11) is 0. The highest BCUT2D eigenvalue weighted by molar-refractivity contribution is 6.04. The molecule has 0 bridgehead atoms. The number of H-pyrrole nitrogens is 1. The number of rotatable bonds is 4. The van der Waals surface area contributed by atoms with Crippen molar-refractivity contribution in [2.24, 2.45) is 0 Å². The van der Waals surface area contributed by atoms with Crippen LogP contribution in [0.5, 0.6) is 0 Å². The van der Waals surface area contributed by atoms with Gasteiger partial charge in [-0.2, -0.15) is 9.78 Å². The number of aromatic nitrogens is 4. The van der Waals surface area contributed by atoms with Gasteiger partial charge in [0.2, 0.25) is 5.95 Å². The van der Waals surface area contributed by atoms with Gasteiger partial charge in [-0.1, -0.05) is 17.7 Å². The Bertz CT molecular complexity index is 1230. The molecular formula is C21H19N5O3. The molecule has 0 fully saturated rings. The van der Waals surface area contributed by atoms with Crippen LogP contribution in [-0.2, 0) is 0 Å². The van der Waals surface area contributed by atoms with E-state index in [1.807, 2.05) is 19.1 Å². The Balaban J connectivity index is 1.78. The van der Waals surface area contributed by atoms with E-state index in [0.29, 0.717) is 34.1 Å². The lowest BCUT2D eigenvalue weighted by Crippen LogP contribution is -2.20. The van der Waals surface area contributed by atoms with Gasteiger partial charge in [0.25, 0.3) is 11.5 Å². The van der Waals surface area contributed by atoms with Gasteiger partial charge in [-0.15, -0.1) is 0 Å². The number of nitrogens with one attached hydrogen (secondary N) is 2. The Kier molecular flexibility index (Phi) is 4.59. The summed E-state index contributed by atoms with van der Waals surface area (Å²) < 4.78 is 6.80. The van der Waals surface area contributed by atoms with Gasteiger partial charge in [0.15, 0.2) is 5.76 Å². The average molecular weight is 389 g/mol. The smallest absolute Gasteiger partial charge is 0.256 e. The second-order valence-electron chi connectivity index (χ2n) is 6.72. The van der Waals surface area contributed by atoms with E-state index in [1.54, 1.807) is 44.2 Å². The van der Waals surface area contributed by atoms with E-state index in [-0.39, 0.29) is 17.4 Å². The third-order valence-corrected chi connectivity index (χ3v) is 4.62. The Labute approximate surface area is 166 Å². The first-order chi connectivity index (χ1) is 13.9. The molecule has 4 aromatic rings. The Morgan fingerprint density at radius 3 is 2.55 bits per heavy atom. The zero-order valence-corrected chi connectivity index (χ0v) is 16.2. The number of aromatic amines is 1. The zero-order valence-electron chi connectivity index (χ0n) is 16.2. The number of furan rings is 1. The number of aryl methyl sites for hydroxylation is 2. The molecule has 146 valence electrons. The third kappa shape index (κ3) is 3.60. The van der Waals surface area contributed by atoms with Crippen molar-refractivity contribution in [2.45, 2.75) is 20.8 Å². The largest absolute Gasteiger partial charge is 0.463 e. The van der Waals surface area contributed by atoms with Crippen molar-refractivity contribution >= 4 is 11.7 Å². The molecule has 29 heavy (non-hydrogen) atoms. The van der Waals surface area contributed by atoms with Crippen molar-refractivity contribution in [3.63, 3.8) is 0 Å². The number of hydrogen-bond acceptors (Lipinski definition) is 5. The fourth-order valence-electron chi connectivity index (χ4n) is 2.80. The molecular weight excluding hydrogens is 370 g/mol. The van der Waals surface area contributed by atoms with Crippen LogP contribution >= 0.6 is 0 Å². The van der Waals surface area contributed by atoms with Crippen LogP contribution in [0.15, 0.2) is 57.9 Å². The number of amides is 1. The highest BCUT2D eigenvalue weighted by Gasteiger charge is 2.18. The van der Waals surface area contributed by atoms with Crippen LogP contribution in [0.25, 0.3) is 17.4 Å². The van der Waals surface area contributed by atoms with Crippen LogP contribution in [0.4, 0.5) is 5.82 Å². The number of anilines is 1. The van der Waals surface area contributed by atoms with Crippen molar-refractivity contribution in [1.29, 1.82) is 0 Å². The monoisotopic (exact) mass is 389 g/mol. The topological polar surface area (TPSA) is 106 Å². The van der Waals surface area contributed by atoms with Crippen molar-refractivity contribution in [3.05, 3.63) is 81.5 Å². The normalized spacial score (nSPS) is 10.9. The maximum absolute atomic E-state index is 12.7. The predicted octanol–water partition coefficient (Wildman–Crippen LogP) is 3.39. The molecule has 0 aliphatic carbocycles. The molecule has 8 nitrogen and oxygen atoms in total. The average Bonchev–Trinajstić information content (AvgIpc) is 3.36. The van der Waals surface area contributed by atoms with Crippen LogP contribution in [0.2, 0.25) is 0 Å². The van der Waals surface area contributed by atoms with E-state index in [4.69, 9.17) is 4.42 Å². The van der Waals surface area contributed by atoms with Crippen LogP contribution < -0.4 is 10.9 Å². The van der Waals surface area contributed by atoms with E-state index in [0.717, 1.165) is 5.56 Å². The molecule has 8 heteroatoms. The minimum atomic E-state index is -0.302. The summed E-state index contributed by atoms with van der Waals surface area (Å²) in [6, 6.07) is 12.4. The van der Waals surface area contributed by atoms with Crippen LogP contribution in [0.1, 0.15) is 27.2 Å². The molecule has 0 aliphatic rings. The summed E-state index contributed by atoms with van der Waals surface area (Å²) in [4.78, 5) is 32.1. The quantitative estimate of drug-likeness (QED) is 0.556. The molecule has 0 atom stereocenters. The van der Waals surface area contributed by atoms with E-state index in [9.17, 15) is 9.59 Å². The Hall–Kier alpha value is -3.94. The van der Waals surface area contributed by atoms with Gasteiger partial charge in [-0.25, -0.2) is 4.98 Å². The van der Waals surface area contributed by atoms with Gasteiger partial charge >= 0.3 is 0 Å². The summed E-state index contributed by atoms with van der Waals surface area (Å²) in [5, 5.41) is 7.31. The van der Waals surface area contributed by atoms with Crippen molar-refractivity contribution in [2.75, 3.05) is 5.32 Å². The molecule has 4 rings (SSSR count). The summed E-state index contributed by atoms with van der Waals surface area (Å²) in [5.41, 5.74) is 2.90. The minimum Gasteiger partial charge on any atom is -0.463 e. The second-order valence-corrected chi connectivity index (χ2v) is 6.72. The molecule has 3 aromatic heterocycles. The number of hydrogen-bond donors (Lipinski definition) is 2. The second kappa shape index (κ2) is 7.23. The summed E-state index contributed by atoms with van der Waals surface area (Å²) in [5.74, 6) is 0.785. The molecule has 0 radical (unpaired) electrons. The molecule has 0 spiro atoms. The number of nitrogens with zero attached hydrogens (tertiary/aromatic N) is 3. The van der Waals surface area contributed by atoms with Gasteiger partial charge in [0.05, 0.1) is 6.26 Å².